The zero-order chi connectivity index (χ0) is 24.8. The molecular weight excluding hydrogens is 580 g/mol. The molecule has 0 heterocycles. The van der Waals surface area contributed by atoms with E-state index in [2.05, 4.69) is 26.6 Å². The molecule has 4 rings (SSSR count). The summed E-state index contributed by atoms with van der Waals surface area (Å²) in [5.74, 6) is -5.12. The van der Waals surface area contributed by atoms with Crippen molar-refractivity contribution in [3.05, 3.63) is 92.7 Å². The molecule has 0 bridgehead atoms. The van der Waals surface area contributed by atoms with Crippen LogP contribution in [0.1, 0.15) is 21.8 Å². The van der Waals surface area contributed by atoms with E-state index in [4.69, 9.17) is 34.8 Å². The third-order valence-electron chi connectivity index (χ3n) is 5.24. The van der Waals surface area contributed by atoms with Crippen LogP contribution in [0.2, 0.25) is 5.02 Å². The molecule has 1 saturated carbocycles. The average Bonchev–Trinajstić information content (AvgIpc) is 3.33. The van der Waals surface area contributed by atoms with E-state index in [1.165, 1.54) is 30.3 Å². The summed E-state index contributed by atoms with van der Waals surface area (Å²) in [6, 6.07) is 10.9. The van der Waals surface area contributed by atoms with E-state index >= 15 is 0 Å². The minimum absolute atomic E-state index is 0.0379. The summed E-state index contributed by atoms with van der Waals surface area (Å²) in [6.07, 6.45) is 0. The van der Waals surface area contributed by atoms with Crippen LogP contribution in [0, 0.1) is 23.4 Å². The van der Waals surface area contributed by atoms with Gasteiger partial charge >= 0.3 is 0 Å². The summed E-state index contributed by atoms with van der Waals surface area (Å²) in [4.78, 5) is 25.5. The molecule has 3 aromatic carbocycles. The molecule has 0 spiro atoms. The van der Waals surface area contributed by atoms with E-state index in [0.29, 0.717) is 16.1 Å². The topological polar surface area (TPSA) is 58.2 Å². The van der Waals surface area contributed by atoms with Crippen LogP contribution in [-0.2, 0) is 4.79 Å². The molecule has 1 fully saturated rings. The Morgan fingerprint density at radius 1 is 0.912 bits per heavy atom. The second kappa shape index (κ2) is 9.41. The van der Waals surface area contributed by atoms with Crippen molar-refractivity contribution in [3.63, 3.8) is 0 Å². The number of benzene rings is 3. The van der Waals surface area contributed by atoms with Crippen molar-refractivity contribution >= 4 is 73.9 Å². The fourth-order valence-corrected chi connectivity index (χ4v) is 5.11. The maximum atomic E-state index is 13.9. The molecule has 0 saturated heterocycles. The van der Waals surface area contributed by atoms with Crippen molar-refractivity contribution in [2.45, 2.75) is 10.3 Å². The van der Waals surface area contributed by atoms with Crippen LogP contribution in [-0.4, -0.2) is 16.1 Å². The highest BCUT2D eigenvalue weighted by Gasteiger charge is 2.67. The van der Waals surface area contributed by atoms with Crippen molar-refractivity contribution in [2.75, 3.05) is 10.6 Å². The number of nitrogens with one attached hydrogen (secondary N) is 2. The number of carbonyl (C=O) groups is 2. The molecule has 3 aromatic rings. The van der Waals surface area contributed by atoms with E-state index in [9.17, 15) is 22.8 Å². The van der Waals surface area contributed by atoms with Gasteiger partial charge in [-0.15, -0.1) is 23.2 Å². The van der Waals surface area contributed by atoms with Gasteiger partial charge in [0.25, 0.3) is 5.91 Å². The van der Waals surface area contributed by atoms with Gasteiger partial charge in [-0.3, -0.25) is 9.59 Å². The summed E-state index contributed by atoms with van der Waals surface area (Å²) in [5.41, 5.74) is 0.351. The van der Waals surface area contributed by atoms with Crippen molar-refractivity contribution in [2.24, 2.45) is 5.92 Å². The number of anilines is 2. The van der Waals surface area contributed by atoms with E-state index in [-0.39, 0.29) is 22.0 Å². The van der Waals surface area contributed by atoms with Gasteiger partial charge in [-0.05, 0) is 54.1 Å². The number of amides is 2. The Labute approximate surface area is 215 Å². The Morgan fingerprint density at radius 3 is 2.32 bits per heavy atom. The number of hydrogen-bond acceptors (Lipinski definition) is 2. The highest BCUT2D eigenvalue weighted by atomic mass is 79.9. The molecule has 2 atom stereocenters. The largest absolute Gasteiger partial charge is 0.326 e. The van der Waals surface area contributed by atoms with Crippen LogP contribution in [0.15, 0.2) is 59.1 Å². The number of halogens is 7. The van der Waals surface area contributed by atoms with E-state index in [0.717, 1.165) is 12.1 Å². The SMILES string of the molecule is O=C(Nc1ccc(F)cc1F)c1cc(NC(=O)[C@H]2[C@H](c3cc(F)cc(Br)c3)C2(Cl)Cl)ccc1Cl. The number of alkyl halides is 2. The average molecular weight is 593 g/mol. The van der Waals surface area contributed by atoms with Gasteiger partial charge in [-0.2, -0.15) is 0 Å². The maximum Gasteiger partial charge on any atom is 0.257 e. The van der Waals surface area contributed by atoms with Gasteiger partial charge in [0, 0.05) is 22.1 Å². The first-order valence-corrected chi connectivity index (χ1v) is 11.6. The Morgan fingerprint density at radius 2 is 1.65 bits per heavy atom. The highest BCUT2D eigenvalue weighted by molar-refractivity contribution is 9.10. The van der Waals surface area contributed by atoms with Gasteiger partial charge in [0.05, 0.1) is 22.2 Å². The molecule has 11 heteroatoms. The second-order valence-electron chi connectivity index (χ2n) is 7.59. The van der Waals surface area contributed by atoms with Gasteiger partial charge in [0.15, 0.2) is 0 Å². The van der Waals surface area contributed by atoms with Gasteiger partial charge in [-0.25, -0.2) is 13.2 Å². The standard InChI is InChI=1S/C23H13BrCl3F3N2O2/c24-11-5-10(6-13(29)7-11)19-20(23(19,26)27)22(34)31-14-2-3-16(25)15(9-14)21(33)32-18-4-1-12(28)8-17(18)30/h1-9,19-20H,(H,31,34)(H,32,33)/t19-,20+/m0/s1. The van der Waals surface area contributed by atoms with Crippen LogP contribution >= 0.6 is 50.7 Å². The highest BCUT2D eigenvalue weighted by Crippen LogP contribution is 2.65. The van der Waals surface area contributed by atoms with Crippen LogP contribution < -0.4 is 10.6 Å². The third-order valence-corrected chi connectivity index (χ3v) is 6.97. The minimum Gasteiger partial charge on any atom is -0.326 e. The minimum atomic E-state index is -1.45. The zero-order valence-electron chi connectivity index (χ0n) is 16.8. The summed E-state index contributed by atoms with van der Waals surface area (Å²) >= 11 is 21.9. The first-order valence-electron chi connectivity index (χ1n) is 9.68. The van der Waals surface area contributed by atoms with Crippen LogP contribution in [0.4, 0.5) is 24.5 Å². The molecular formula is C23H13BrCl3F3N2O2. The lowest BCUT2D eigenvalue weighted by Crippen LogP contribution is -2.18. The van der Waals surface area contributed by atoms with Crippen LogP contribution in [0.5, 0.6) is 0 Å². The van der Waals surface area contributed by atoms with Gasteiger partial charge in [0.1, 0.15) is 21.8 Å². The van der Waals surface area contributed by atoms with Crippen molar-refractivity contribution in [1.29, 1.82) is 0 Å². The number of hydrogen-bond donors (Lipinski definition) is 2. The smallest absolute Gasteiger partial charge is 0.257 e. The Kier molecular flexibility index (Phi) is 6.88. The molecule has 2 amide bonds. The zero-order valence-corrected chi connectivity index (χ0v) is 20.7. The van der Waals surface area contributed by atoms with Crippen LogP contribution in [0.25, 0.3) is 0 Å². The molecule has 0 radical (unpaired) electrons. The lowest BCUT2D eigenvalue weighted by molar-refractivity contribution is -0.117. The molecule has 1 aliphatic rings. The number of carbonyl (C=O) groups excluding carboxylic acids is 2. The van der Waals surface area contributed by atoms with Gasteiger partial charge < -0.3 is 10.6 Å². The monoisotopic (exact) mass is 590 g/mol. The predicted octanol–water partition coefficient (Wildman–Crippen LogP) is 7.30. The first kappa shape index (κ1) is 24.9. The normalized spacial score (nSPS) is 18.3. The molecule has 2 N–H and O–H groups in total. The molecule has 34 heavy (non-hydrogen) atoms. The van der Waals surface area contributed by atoms with Crippen molar-refractivity contribution in [1.82, 2.24) is 0 Å². The molecule has 0 aromatic heterocycles. The Bertz CT molecular complexity index is 1300. The molecule has 1 aliphatic carbocycles. The molecule has 0 unspecified atom stereocenters. The second-order valence-corrected chi connectivity index (χ2v) is 10.4. The lowest BCUT2D eigenvalue weighted by Gasteiger charge is -2.11. The van der Waals surface area contributed by atoms with Crippen molar-refractivity contribution < 1.29 is 22.8 Å². The Hall–Kier alpha value is -2.26. The molecule has 0 aliphatic heterocycles. The lowest BCUT2D eigenvalue weighted by atomic mass is 10.1. The fraction of sp³-hybridized carbons (Fsp3) is 0.130. The van der Waals surface area contributed by atoms with Crippen LogP contribution in [0.3, 0.4) is 0 Å². The fourth-order valence-electron chi connectivity index (χ4n) is 3.60. The Balaban J connectivity index is 1.52. The maximum absolute atomic E-state index is 13.9. The van der Waals surface area contributed by atoms with Gasteiger partial charge in [0.2, 0.25) is 5.91 Å². The first-order chi connectivity index (χ1) is 16.0. The summed E-state index contributed by atoms with van der Waals surface area (Å²) in [5, 5.41) is 4.96. The van der Waals surface area contributed by atoms with E-state index in [1.807, 2.05) is 0 Å². The van der Waals surface area contributed by atoms with E-state index < -0.39 is 45.4 Å². The van der Waals surface area contributed by atoms with E-state index in [1.54, 1.807) is 6.07 Å². The molecule has 4 nitrogen and oxygen atoms in total. The molecule has 176 valence electrons. The van der Waals surface area contributed by atoms with Crippen molar-refractivity contribution in [3.8, 4) is 0 Å². The third kappa shape index (κ3) is 5.05. The van der Waals surface area contributed by atoms with Gasteiger partial charge in [-0.1, -0.05) is 27.5 Å². The quantitative estimate of drug-likeness (QED) is 0.306. The summed E-state index contributed by atoms with van der Waals surface area (Å²) in [7, 11) is 0. The summed E-state index contributed by atoms with van der Waals surface area (Å²) in [6.45, 7) is 0. The number of rotatable bonds is 5. The predicted molar refractivity (Wildman–Crippen MR) is 129 cm³/mol. The summed E-state index contributed by atoms with van der Waals surface area (Å²) < 4.78 is 39.8.